The second kappa shape index (κ2) is 5.34. The summed E-state index contributed by atoms with van der Waals surface area (Å²) in [6.45, 7) is 0. The first-order valence-electron chi connectivity index (χ1n) is 6.29. The average Bonchev–Trinajstić information content (AvgIpc) is 2.90. The summed E-state index contributed by atoms with van der Waals surface area (Å²) in [5.41, 5.74) is 4.27. The summed E-state index contributed by atoms with van der Waals surface area (Å²) in [4.78, 5) is 15.3. The number of aromatic nitrogens is 3. The molecular formula is C14H8BrF3N4O. The molecule has 23 heavy (non-hydrogen) atoms. The predicted molar refractivity (Wildman–Crippen MR) is 79.6 cm³/mol. The van der Waals surface area contributed by atoms with Gasteiger partial charge in [-0.15, -0.1) is 0 Å². The van der Waals surface area contributed by atoms with Crippen LogP contribution in [0.1, 0.15) is 16.2 Å². The van der Waals surface area contributed by atoms with E-state index in [9.17, 15) is 18.0 Å². The number of hydrogen-bond acceptors (Lipinski definition) is 3. The largest absolute Gasteiger partial charge is 0.433 e. The summed E-state index contributed by atoms with van der Waals surface area (Å²) in [6.07, 6.45) is -4.66. The maximum Gasteiger partial charge on any atom is 0.433 e. The zero-order chi connectivity index (χ0) is 16.8. The van der Waals surface area contributed by atoms with E-state index in [4.69, 9.17) is 5.73 Å². The van der Waals surface area contributed by atoms with Crippen LogP contribution in [-0.4, -0.2) is 20.5 Å². The Balaban J connectivity index is 2.28. The van der Waals surface area contributed by atoms with Gasteiger partial charge in [0, 0.05) is 16.1 Å². The Hall–Kier alpha value is -2.42. The molecule has 5 nitrogen and oxygen atoms in total. The molecular weight excluding hydrogens is 377 g/mol. The van der Waals surface area contributed by atoms with Gasteiger partial charge in [0.1, 0.15) is 0 Å². The molecule has 1 aromatic carbocycles. The Morgan fingerprint density at radius 1 is 1.17 bits per heavy atom. The van der Waals surface area contributed by atoms with Gasteiger partial charge in [0.2, 0.25) is 0 Å². The van der Waals surface area contributed by atoms with E-state index in [0.717, 1.165) is 16.6 Å². The van der Waals surface area contributed by atoms with Crippen molar-refractivity contribution in [3.05, 3.63) is 52.3 Å². The van der Waals surface area contributed by atoms with E-state index in [-0.39, 0.29) is 17.0 Å². The Morgan fingerprint density at radius 3 is 2.39 bits per heavy atom. The highest BCUT2D eigenvalue weighted by atomic mass is 79.9. The minimum atomic E-state index is -4.66. The van der Waals surface area contributed by atoms with Crippen molar-refractivity contribution in [3.8, 4) is 11.3 Å². The second-order valence-electron chi connectivity index (χ2n) is 4.70. The van der Waals surface area contributed by atoms with Gasteiger partial charge in [-0.05, 0) is 18.2 Å². The first kappa shape index (κ1) is 15.5. The van der Waals surface area contributed by atoms with Gasteiger partial charge in [0.05, 0.1) is 5.69 Å². The molecule has 0 aliphatic carbocycles. The number of alkyl halides is 3. The molecule has 0 bridgehead atoms. The lowest BCUT2D eigenvalue weighted by molar-refractivity contribution is -0.142. The maximum atomic E-state index is 13.3. The number of hydrogen-bond donors (Lipinski definition) is 1. The Bertz CT molecular complexity index is 903. The van der Waals surface area contributed by atoms with E-state index < -0.39 is 17.8 Å². The van der Waals surface area contributed by atoms with Crippen LogP contribution in [0, 0.1) is 0 Å². The molecule has 9 heteroatoms. The molecule has 1 amide bonds. The van der Waals surface area contributed by atoms with E-state index in [1.165, 1.54) is 0 Å². The molecule has 0 aliphatic rings. The topological polar surface area (TPSA) is 73.3 Å². The summed E-state index contributed by atoms with van der Waals surface area (Å²) < 4.78 is 41.2. The normalized spacial score (nSPS) is 11.8. The third-order valence-electron chi connectivity index (χ3n) is 3.11. The standard InChI is InChI=1S/C14H8BrF3N4O/c15-8-3-1-7(2-4-8)9-5-11(14(16,17)18)22-12(20-9)6-10(21-22)13(19)23/h1-6H,(H2,19,23). The van der Waals surface area contributed by atoms with Gasteiger partial charge < -0.3 is 5.73 Å². The summed E-state index contributed by atoms with van der Waals surface area (Å²) in [7, 11) is 0. The molecule has 0 unspecified atom stereocenters. The fourth-order valence-electron chi connectivity index (χ4n) is 2.07. The minimum absolute atomic E-state index is 0.105. The van der Waals surface area contributed by atoms with E-state index in [0.29, 0.717) is 10.1 Å². The van der Waals surface area contributed by atoms with Gasteiger partial charge in [0.15, 0.2) is 17.0 Å². The number of primary amides is 1. The zero-order valence-electron chi connectivity index (χ0n) is 11.3. The van der Waals surface area contributed by atoms with Crippen molar-refractivity contribution in [3.63, 3.8) is 0 Å². The second-order valence-corrected chi connectivity index (χ2v) is 5.61. The van der Waals surface area contributed by atoms with Crippen LogP contribution in [-0.2, 0) is 6.18 Å². The minimum Gasteiger partial charge on any atom is -0.364 e. The van der Waals surface area contributed by atoms with Crippen molar-refractivity contribution in [2.75, 3.05) is 0 Å². The molecule has 3 rings (SSSR count). The summed E-state index contributed by atoms with van der Waals surface area (Å²) in [6, 6.07) is 8.66. The maximum absolute atomic E-state index is 13.3. The van der Waals surface area contributed by atoms with Gasteiger partial charge in [-0.2, -0.15) is 18.3 Å². The van der Waals surface area contributed by atoms with Crippen molar-refractivity contribution in [2.24, 2.45) is 5.73 Å². The van der Waals surface area contributed by atoms with Gasteiger partial charge >= 0.3 is 6.18 Å². The van der Waals surface area contributed by atoms with Crippen LogP contribution in [0.3, 0.4) is 0 Å². The molecule has 118 valence electrons. The molecule has 0 radical (unpaired) electrons. The van der Waals surface area contributed by atoms with Crippen LogP contribution in [0.25, 0.3) is 16.9 Å². The summed E-state index contributed by atoms with van der Waals surface area (Å²) in [5, 5.41) is 3.58. The molecule has 0 fully saturated rings. The number of halogens is 4. The Morgan fingerprint density at radius 2 is 1.83 bits per heavy atom. The highest BCUT2D eigenvalue weighted by molar-refractivity contribution is 9.10. The Kier molecular flexibility index (Phi) is 3.59. The lowest BCUT2D eigenvalue weighted by Crippen LogP contribution is -2.15. The van der Waals surface area contributed by atoms with Crippen molar-refractivity contribution >= 4 is 27.5 Å². The fourth-order valence-corrected chi connectivity index (χ4v) is 2.33. The molecule has 2 N–H and O–H groups in total. The number of benzene rings is 1. The monoisotopic (exact) mass is 384 g/mol. The molecule has 0 atom stereocenters. The van der Waals surface area contributed by atoms with E-state index >= 15 is 0 Å². The fraction of sp³-hybridized carbons (Fsp3) is 0.0714. The smallest absolute Gasteiger partial charge is 0.364 e. The first-order chi connectivity index (χ1) is 10.8. The van der Waals surface area contributed by atoms with E-state index in [1.807, 2.05) is 0 Å². The predicted octanol–water partition coefficient (Wildman–Crippen LogP) is 3.28. The average molecular weight is 385 g/mol. The molecule has 3 aromatic rings. The number of nitrogens with zero attached hydrogens (tertiary/aromatic N) is 3. The number of carbonyl (C=O) groups is 1. The van der Waals surface area contributed by atoms with Gasteiger partial charge in [-0.3, -0.25) is 4.79 Å². The number of nitrogens with two attached hydrogens (primary N) is 1. The lowest BCUT2D eigenvalue weighted by Gasteiger charge is -2.11. The molecule has 2 aromatic heterocycles. The van der Waals surface area contributed by atoms with E-state index in [2.05, 4.69) is 26.0 Å². The molecule has 0 spiro atoms. The van der Waals surface area contributed by atoms with Gasteiger partial charge in [0.25, 0.3) is 5.91 Å². The van der Waals surface area contributed by atoms with Crippen LogP contribution in [0.5, 0.6) is 0 Å². The number of fused-ring (bicyclic) bond motifs is 1. The molecule has 0 saturated carbocycles. The lowest BCUT2D eigenvalue weighted by atomic mass is 10.1. The third-order valence-corrected chi connectivity index (χ3v) is 3.64. The van der Waals surface area contributed by atoms with Gasteiger partial charge in [-0.25, -0.2) is 9.50 Å². The Labute approximate surface area is 136 Å². The number of carbonyl (C=O) groups excluding carboxylic acids is 1. The third kappa shape index (κ3) is 2.91. The van der Waals surface area contributed by atoms with Crippen molar-refractivity contribution in [1.82, 2.24) is 14.6 Å². The highest BCUT2D eigenvalue weighted by Gasteiger charge is 2.35. The zero-order valence-corrected chi connectivity index (χ0v) is 12.9. The molecule has 2 heterocycles. The van der Waals surface area contributed by atoms with Crippen LogP contribution in [0.4, 0.5) is 13.2 Å². The number of rotatable bonds is 2. The first-order valence-corrected chi connectivity index (χ1v) is 7.09. The number of amides is 1. The van der Waals surface area contributed by atoms with Gasteiger partial charge in [-0.1, -0.05) is 28.1 Å². The quantitative estimate of drug-likeness (QED) is 0.736. The van der Waals surface area contributed by atoms with Crippen molar-refractivity contribution in [1.29, 1.82) is 0 Å². The van der Waals surface area contributed by atoms with Crippen molar-refractivity contribution < 1.29 is 18.0 Å². The summed E-state index contributed by atoms with van der Waals surface area (Å²) in [5.74, 6) is -0.922. The van der Waals surface area contributed by atoms with Crippen LogP contribution >= 0.6 is 15.9 Å². The van der Waals surface area contributed by atoms with Crippen LogP contribution in [0.2, 0.25) is 0 Å². The van der Waals surface area contributed by atoms with Crippen molar-refractivity contribution in [2.45, 2.75) is 6.18 Å². The van der Waals surface area contributed by atoms with Crippen LogP contribution < -0.4 is 5.73 Å². The highest BCUT2D eigenvalue weighted by Crippen LogP contribution is 2.32. The van der Waals surface area contributed by atoms with E-state index in [1.54, 1.807) is 24.3 Å². The SMILES string of the molecule is NC(=O)c1cc2nc(-c3ccc(Br)cc3)cc(C(F)(F)F)n2n1. The molecule has 0 saturated heterocycles. The van der Waals surface area contributed by atoms with Crippen LogP contribution in [0.15, 0.2) is 40.9 Å². The molecule has 0 aliphatic heterocycles. The summed E-state index contributed by atoms with van der Waals surface area (Å²) >= 11 is 3.26.